The van der Waals surface area contributed by atoms with Gasteiger partial charge in [-0.05, 0) is 43.5 Å². The molecule has 2 unspecified atom stereocenters. The molecule has 0 spiro atoms. The fraction of sp³-hybridized carbons (Fsp3) is 0.467. The number of carboxylic acid groups (broad SMARTS) is 1. The van der Waals surface area contributed by atoms with Crippen molar-refractivity contribution in [3.8, 4) is 0 Å². The summed E-state index contributed by atoms with van der Waals surface area (Å²) in [5, 5.41) is 9.21. The van der Waals surface area contributed by atoms with E-state index in [9.17, 15) is 19.1 Å². The summed E-state index contributed by atoms with van der Waals surface area (Å²) in [5.41, 5.74) is 1.01. The van der Waals surface area contributed by atoms with E-state index in [1.807, 2.05) is 0 Å². The van der Waals surface area contributed by atoms with Gasteiger partial charge in [-0.15, -0.1) is 0 Å². The third kappa shape index (κ3) is 2.83. The number of aryl methyl sites for hydroxylation is 1. The van der Waals surface area contributed by atoms with E-state index < -0.39 is 17.8 Å². The van der Waals surface area contributed by atoms with Gasteiger partial charge in [0.2, 0.25) is 0 Å². The molecule has 0 aromatic heterocycles. The van der Waals surface area contributed by atoms with E-state index in [1.165, 1.54) is 18.2 Å². The second-order valence-corrected chi connectivity index (χ2v) is 5.16. The van der Waals surface area contributed by atoms with Crippen molar-refractivity contribution in [3.63, 3.8) is 0 Å². The van der Waals surface area contributed by atoms with Crippen LogP contribution in [0.4, 0.5) is 4.39 Å². The first-order chi connectivity index (χ1) is 9.00. The number of Topliss-reactive ketones (excluding diaryl/α,β-unsaturated/α-hetero) is 1. The number of ketones is 1. The summed E-state index contributed by atoms with van der Waals surface area (Å²) in [4.78, 5) is 23.7. The average molecular weight is 264 g/mol. The van der Waals surface area contributed by atoms with E-state index in [-0.39, 0.29) is 11.6 Å². The molecule has 19 heavy (non-hydrogen) atoms. The molecule has 0 heterocycles. The van der Waals surface area contributed by atoms with Crippen molar-refractivity contribution in [1.82, 2.24) is 0 Å². The van der Waals surface area contributed by atoms with Crippen LogP contribution in [-0.2, 0) is 4.79 Å². The number of rotatable bonds is 3. The number of benzene rings is 1. The van der Waals surface area contributed by atoms with E-state index in [1.54, 1.807) is 6.92 Å². The van der Waals surface area contributed by atoms with Crippen LogP contribution in [0.3, 0.4) is 0 Å². The predicted octanol–water partition coefficient (Wildman–Crippen LogP) is 3.21. The summed E-state index contributed by atoms with van der Waals surface area (Å²) >= 11 is 0. The van der Waals surface area contributed by atoms with E-state index in [4.69, 9.17) is 0 Å². The molecule has 0 amide bonds. The highest BCUT2D eigenvalue weighted by molar-refractivity contribution is 6.01. The maximum absolute atomic E-state index is 13.1. The maximum Gasteiger partial charge on any atom is 0.307 e. The van der Waals surface area contributed by atoms with Gasteiger partial charge in [-0.2, -0.15) is 0 Å². The summed E-state index contributed by atoms with van der Waals surface area (Å²) in [6.45, 7) is 1.68. The molecule has 1 saturated carbocycles. The fourth-order valence-corrected chi connectivity index (χ4v) is 2.84. The molecular weight excluding hydrogens is 247 g/mol. The van der Waals surface area contributed by atoms with Crippen molar-refractivity contribution in [2.45, 2.75) is 32.6 Å². The molecule has 102 valence electrons. The molecule has 1 aromatic carbocycles. The van der Waals surface area contributed by atoms with Gasteiger partial charge in [0.25, 0.3) is 0 Å². The molecule has 1 N–H and O–H groups in total. The summed E-state index contributed by atoms with van der Waals surface area (Å²) in [5.74, 6) is -2.53. The number of carbonyl (C=O) groups excluding carboxylic acids is 1. The molecule has 1 aromatic rings. The van der Waals surface area contributed by atoms with Crippen LogP contribution in [0.1, 0.15) is 41.6 Å². The van der Waals surface area contributed by atoms with Crippen molar-refractivity contribution in [1.29, 1.82) is 0 Å². The lowest BCUT2D eigenvalue weighted by Gasteiger charge is -2.27. The molecule has 0 radical (unpaired) electrons. The van der Waals surface area contributed by atoms with Gasteiger partial charge >= 0.3 is 5.97 Å². The number of carboxylic acids is 1. The quantitative estimate of drug-likeness (QED) is 0.853. The Morgan fingerprint density at radius 1 is 1.21 bits per heavy atom. The largest absolute Gasteiger partial charge is 0.481 e. The Bertz CT molecular complexity index is 510. The van der Waals surface area contributed by atoms with Gasteiger partial charge in [0.05, 0.1) is 5.92 Å². The zero-order valence-electron chi connectivity index (χ0n) is 10.9. The normalized spacial score (nSPS) is 23.1. The monoisotopic (exact) mass is 264 g/mol. The van der Waals surface area contributed by atoms with Crippen LogP contribution in [-0.4, -0.2) is 16.9 Å². The van der Waals surface area contributed by atoms with Crippen molar-refractivity contribution >= 4 is 11.8 Å². The minimum absolute atomic E-state index is 0.162. The zero-order valence-corrected chi connectivity index (χ0v) is 10.9. The number of halogens is 1. The molecule has 1 aliphatic carbocycles. The van der Waals surface area contributed by atoms with Gasteiger partial charge in [0.15, 0.2) is 5.78 Å². The topological polar surface area (TPSA) is 54.4 Å². The lowest BCUT2D eigenvalue weighted by Crippen LogP contribution is -2.33. The van der Waals surface area contributed by atoms with Gasteiger partial charge in [0, 0.05) is 11.5 Å². The third-order valence-corrected chi connectivity index (χ3v) is 3.87. The van der Waals surface area contributed by atoms with Crippen molar-refractivity contribution in [2.75, 3.05) is 0 Å². The highest BCUT2D eigenvalue weighted by atomic mass is 19.1. The van der Waals surface area contributed by atoms with Crippen LogP contribution < -0.4 is 0 Å². The Morgan fingerprint density at radius 2 is 1.84 bits per heavy atom. The third-order valence-electron chi connectivity index (χ3n) is 3.87. The lowest BCUT2D eigenvalue weighted by molar-refractivity contribution is -0.144. The first-order valence-electron chi connectivity index (χ1n) is 6.54. The van der Waals surface area contributed by atoms with Crippen LogP contribution in [0.25, 0.3) is 0 Å². The molecule has 2 atom stereocenters. The average Bonchev–Trinajstić information content (AvgIpc) is 2.38. The first-order valence-corrected chi connectivity index (χ1v) is 6.54. The molecule has 0 saturated heterocycles. The smallest absolute Gasteiger partial charge is 0.307 e. The molecule has 4 heteroatoms. The van der Waals surface area contributed by atoms with Crippen LogP contribution in [0, 0.1) is 24.6 Å². The fourth-order valence-electron chi connectivity index (χ4n) is 2.84. The number of carbonyl (C=O) groups is 2. The molecule has 3 nitrogen and oxygen atoms in total. The second kappa shape index (κ2) is 5.51. The number of aliphatic carboxylic acids is 1. The standard InChI is InChI=1S/C15H17FO3/c1-9-8-10(16)6-7-11(9)14(17)12-4-2-3-5-13(12)15(18)19/h6-8,12-13H,2-5H2,1H3,(H,18,19). The van der Waals surface area contributed by atoms with Gasteiger partial charge in [-0.1, -0.05) is 12.8 Å². The van der Waals surface area contributed by atoms with Gasteiger partial charge < -0.3 is 5.11 Å². The minimum atomic E-state index is -0.905. The van der Waals surface area contributed by atoms with Gasteiger partial charge in [-0.3, -0.25) is 9.59 Å². The van der Waals surface area contributed by atoms with Crippen LogP contribution >= 0.6 is 0 Å². The number of hydrogen-bond acceptors (Lipinski definition) is 2. The molecule has 2 rings (SSSR count). The van der Waals surface area contributed by atoms with Crippen LogP contribution in [0.15, 0.2) is 18.2 Å². The summed E-state index contributed by atoms with van der Waals surface area (Å²) in [6, 6.07) is 4.02. The summed E-state index contributed by atoms with van der Waals surface area (Å²) < 4.78 is 13.1. The van der Waals surface area contributed by atoms with E-state index >= 15 is 0 Å². The molecule has 1 fully saturated rings. The van der Waals surface area contributed by atoms with Crippen molar-refractivity contribution < 1.29 is 19.1 Å². The predicted molar refractivity (Wildman–Crippen MR) is 68.6 cm³/mol. The van der Waals surface area contributed by atoms with E-state index in [0.29, 0.717) is 24.0 Å². The summed E-state index contributed by atoms with van der Waals surface area (Å²) in [6.07, 6.45) is 2.88. The SMILES string of the molecule is Cc1cc(F)ccc1C(=O)C1CCCCC1C(=O)O. The minimum Gasteiger partial charge on any atom is -0.481 e. The van der Waals surface area contributed by atoms with Crippen LogP contribution in [0.2, 0.25) is 0 Å². The molecular formula is C15H17FO3. The zero-order chi connectivity index (χ0) is 14.0. The first kappa shape index (κ1) is 13.7. The molecule has 0 bridgehead atoms. The lowest BCUT2D eigenvalue weighted by atomic mass is 9.75. The van der Waals surface area contributed by atoms with Gasteiger partial charge in [-0.25, -0.2) is 4.39 Å². The molecule has 0 aliphatic heterocycles. The Morgan fingerprint density at radius 3 is 2.42 bits per heavy atom. The highest BCUT2D eigenvalue weighted by Crippen LogP contribution is 2.33. The van der Waals surface area contributed by atoms with Crippen LogP contribution in [0.5, 0.6) is 0 Å². The Labute approximate surface area is 111 Å². The van der Waals surface area contributed by atoms with Gasteiger partial charge in [0.1, 0.15) is 5.82 Å². The van der Waals surface area contributed by atoms with Crippen molar-refractivity contribution in [2.24, 2.45) is 11.8 Å². The second-order valence-electron chi connectivity index (χ2n) is 5.16. The van der Waals surface area contributed by atoms with E-state index in [2.05, 4.69) is 0 Å². The highest BCUT2D eigenvalue weighted by Gasteiger charge is 2.36. The maximum atomic E-state index is 13.1. The van der Waals surface area contributed by atoms with Crippen molar-refractivity contribution in [3.05, 3.63) is 35.1 Å². The summed E-state index contributed by atoms with van der Waals surface area (Å²) in [7, 11) is 0. The Kier molecular flexibility index (Phi) is 3.98. The Hall–Kier alpha value is -1.71. The Balaban J connectivity index is 2.28. The van der Waals surface area contributed by atoms with E-state index in [0.717, 1.165) is 12.8 Å². The molecule has 1 aliphatic rings. The number of hydrogen-bond donors (Lipinski definition) is 1.